The monoisotopic (exact) mass is 353 g/mol. The van der Waals surface area contributed by atoms with Gasteiger partial charge < -0.3 is 5.32 Å². The van der Waals surface area contributed by atoms with Crippen LogP contribution in [-0.4, -0.2) is 16.6 Å². The fourth-order valence-electron chi connectivity index (χ4n) is 2.32. The molecule has 2 aromatic heterocycles. The van der Waals surface area contributed by atoms with Crippen molar-refractivity contribution < 1.29 is 4.79 Å². The number of hydrogen-bond donors (Lipinski definition) is 1. The lowest BCUT2D eigenvalue weighted by atomic mass is 10.1. The number of nitrogens with zero attached hydrogens (tertiary/aromatic N) is 2. The lowest BCUT2D eigenvalue weighted by Gasteiger charge is -2.06. The van der Waals surface area contributed by atoms with Gasteiger partial charge in [0.05, 0.1) is 16.1 Å². The van der Waals surface area contributed by atoms with Gasteiger partial charge in [-0.3, -0.25) is 4.79 Å². The van der Waals surface area contributed by atoms with Gasteiger partial charge in [0.1, 0.15) is 11.1 Å². The molecular weight excluding hydrogens is 338 g/mol. The number of fused-ring (bicyclic) bond motifs is 1. The van der Waals surface area contributed by atoms with Gasteiger partial charge in [0.2, 0.25) is 5.91 Å². The number of aromatic nitrogens is 1. The Labute approximate surface area is 148 Å². The van der Waals surface area contributed by atoms with Crippen LogP contribution >= 0.6 is 23.1 Å². The molecule has 0 atom stereocenters. The molecule has 0 aliphatic carbocycles. The third-order valence-electron chi connectivity index (χ3n) is 3.52. The molecule has 3 aromatic rings. The van der Waals surface area contributed by atoms with Crippen LogP contribution in [0, 0.1) is 18.3 Å². The van der Waals surface area contributed by atoms with E-state index in [2.05, 4.69) is 35.4 Å². The molecule has 0 unspecified atom stereocenters. The molecule has 4 nitrogen and oxygen atoms in total. The Kier molecular flexibility index (Phi) is 5.14. The van der Waals surface area contributed by atoms with Crippen LogP contribution in [-0.2, 0) is 4.79 Å². The van der Waals surface area contributed by atoms with E-state index in [1.807, 2.05) is 18.2 Å². The molecule has 0 bridgehead atoms. The number of carbonyl (C=O) groups is 1. The maximum Gasteiger partial charge on any atom is 0.225 e. The Morgan fingerprint density at radius 3 is 3.04 bits per heavy atom. The molecule has 0 fully saturated rings. The van der Waals surface area contributed by atoms with Crippen LogP contribution < -0.4 is 5.32 Å². The lowest BCUT2D eigenvalue weighted by Crippen LogP contribution is -2.11. The summed E-state index contributed by atoms with van der Waals surface area (Å²) in [5.41, 5.74) is 2.67. The molecule has 1 N–H and O–H groups in total. The van der Waals surface area contributed by atoms with Gasteiger partial charge >= 0.3 is 0 Å². The third kappa shape index (κ3) is 3.75. The highest BCUT2D eigenvalue weighted by Crippen LogP contribution is 2.25. The molecule has 0 spiro atoms. The topological polar surface area (TPSA) is 65.8 Å². The summed E-state index contributed by atoms with van der Waals surface area (Å²) in [6.45, 7) is 2.07. The zero-order chi connectivity index (χ0) is 16.9. The SMILES string of the molecule is Cc1cc(SCCC(=O)Nc2sccc2C#N)nc2ccccc12. The summed E-state index contributed by atoms with van der Waals surface area (Å²) >= 11 is 2.93. The summed E-state index contributed by atoms with van der Waals surface area (Å²) < 4.78 is 0. The third-order valence-corrected chi connectivity index (χ3v) is 5.26. The fourth-order valence-corrected chi connectivity index (χ4v) is 4.00. The Morgan fingerprint density at radius 1 is 1.38 bits per heavy atom. The second-order valence-electron chi connectivity index (χ2n) is 5.22. The molecule has 0 aliphatic heterocycles. The van der Waals surface area contributed by atoms with Crippen LogP contribution in [0.2, 0.25) is 0 Å². The number of thiophene rings is 1. The number of aryl methyl sites for hydroxylation is 1. The minimum Gasteiger partial charge on any atom is -0.317 e. The first-order valence-electron chi connectivity index (χ1n) is 7.44. The largest absolute Gasteiger partial charge is 0.317 e. The van der Waals surface area contributed by atoms with Crippen LogP contribution in [0.1, 0.15) is 17.5 Å². The van der Waals surface area contributed by atoms with Crippen LogP contribution in [0.15, 0.2) is 46.8 Å². The predicted molar refractivity (Wildman–Crippen MR) is 99.5 cm³/mol. The molecule has 120 valence electrons. The maximum absolute atomic E-state index is 12.0. The second-order valence-corrected chi connectivity index (χ2v) is 7.25. The second kappa shape index (κ2) is 7.47. The first kappa shape index (κ1) is 16.5. The Balaban J connectivity index is 1.58. The number of para-hydroxylation sites is 1. The van der Waals surface area contributed by atoms with Crippen molar-refractivity contribution in [1.82, 2.24) is 4.98 Å². The highest BCUT2D eigenvalue weighted by atomic mass is 32.2. The van der Waals surface area contributed by atoms with E-state index in [0.717, 1.165) is 15.9 Å². The van der Waals surface area contributed by atoms with Gasteiger partial charge in [-0.15, -0.1) is 23.1 Å². The number of nitrogens with one attached hydrogen (secondary N) is 1. The molecule has 0 aliphatic rings. The number of amides is 1. The summed E-state index contributed by atoms with van der Waals surface area (Å²) in [6, 6.07) is 13.9. The number of benzene rings is 1. The quantitative estimate of drug-likeness (QED) is 0.681. The van der Waals surface area contributed by atoms with Gasteiger partial charge in [0.25, 0.3) is 0 Å². The highest BCUT2D eigenvalue weighted by molar-refractivity contribution is 7.99. The van der Waals surface area contributed by atoms with Crippen molar-refractivity contribution in [2.24, 2.45) is 0 Å². The zero-order valence-electron chi connectivity index (χ0n) is 13.1. The molecule has 3 rings (SSSR count). The van der Waals surface area contributed by atoms with Crippen LogP contribution in [0.25, 0.3) is 10.9 Å². The van der Waals surface area contributed by atoms with E-state index in [-0.39, 0.29) is 5.91 Å². The van der Waals surface area contributed by atoms with Gasteiger partial charge in [-0.25, -0.2) is 4.98 Å². The summed E-state index contributed by atoms with van der Waals surface area (Å²) in [5, 5.41) is 16.2. The average molecular weight is 353 g/mol. The van der Waals surface area contributed by atoms with Crippen molar-refractivity contribution >= 4 is 44.9 Å². The van der Waals surface area contributed by atoms with Crippen LogP contribution in [0.5, 0.6) is 0 Å². The average Bonchev–Trinajstić information content (AvgIpc) is 3.02. The molecule has 0 saturated heterocycles. The van der Waals surface area contributed by atoms with E-state index in [0.29, 0.717) is 22.7 Å². The normalized spacial score (nSPS) is 10.5. The van der Waals surface area contributed by atoms with Gasteiger partial charge in [0.15, 0.2) is 0 Å². The van der Waals surface area contributed by atoms with Crippen LogP contribution in [0.3, 0.4) is 0 Å². The van der Waals surface area contributed by atoms with Crippen LogP contribution in [0.4, 0.5) is 5.00 Å². The van der Waals surface area contributed by atoms with E-state index in [4.69, 9.17) is 5.26 Å². The Hall–Kier alpha value is -2.36. The van der Waals surface area contributed by atoms with Crippen molar-refractivity contribution in [1.29, 1.82) is 5.26 Å². The summed E-state index contributed by atoms with van der Waals surface area (Å²) in [6.07, 6.45) is 0.376. The molecule has 1 amide bonds. The summed E-state index contributed by atoms with van der Waals surface area (Å²) in [5.74, 6) is 0.558. The van der Waals surface area contributed by atoms with Crippen molar-refractivity contribution in [3.05, 3.63) is 52.9 Å². The van der Waals surface area contributed by atoms with Crippen molar-refractivity contribution in [3.8, 4) is 6.07 Å². The molecule has 0 radical (unpaired) electrons. The van der Waals surface area contributed by atoms with Gasteiger partial charge in [0, 0.05) is 17.6 Å². The van der Waals surface area contributed by atoms with E-state index in [1.165, 1.54) is 16.9 Å². The molecule has 1 aromatic carbocycles. The zero-order valence-corrected chi connectivity index (χ0v) is 14.7. The minimum atomic E-state index is -0.0843. The summed E-state index contributed by atoms with van der Waals surface area (Å²) in [7, 11) is 0. The standard InChI is InChI=1S/C18H15N3OS2/c1-12-10-17(20-15-5-3-2-4-14(12)15)23-9-7-16(22)21-18-13(11-19)6-8-24-18/h2-6,8,10H,7,9H2,1H3,(H,21,22). The van der Waals surface area contributed by atoms with Crippen molar-refractivity contribution in [2.75, 3.05) is 11.1 Å². The smallest absolute Gasteiger partial charge is 0.225 e. The van der Waals surface area contributed by atoms with Crippen molar-refractivity contribution in [2.45, 2.75) is 18.4 Å². The van der Waals surface area contributed by atoms with E-state index >= 15 is 0 Å². The summed E-state index contributed by atoms with van der Waals surface area (Å²) in [4.78, 5) is 16.6. The number of nitriles is 1. The number of hydrogen-bond acceptors (Lipinski definition) is 5. The first-order valence-corrected chi connectivity index (χ1v) is 9.30. The molecule has 24 heavy (non-hydrogen) atoms. The van der Waals surface area contributed by atoms with Gasteiger partial charge in [-0.05, 0) is 36.1 Å². The maximum atomic E-state index is 12.0. The molecule has 6 heteroatoms. The fraction of sp³-hybridized carbons (Fsp3) is 0.167. The number of carbonyl (C=O) groups excluding carboxylic acids is 1. The Morgan fingerprint density at radius 2 is 2.21 bits per heavy atom. The highest BCUT2D eigenvalue weighted by Gasteiger charge is 2.09. The number of thioether (sulfide) groups is 1. The Bertz CT molecular complexity index is 927. The van der Waals surface area contributed by atoms with E-state index in [1.54, 1.807) is 23.2 Å². The minimum absolute atomic E-state index is 0.0843. The molecule has 2 heterocycles. The predicted octanol–water partition coefficient (Wildman–Crippen LogP) is 4.60. The molecule has 0 saturated carbocycles. The number of anilines is 1. The number of pyridine rings is 1. The van der Waals surface area contributed by atoms with E-state index in [9.17, 15) is 4.79 Å². The van der Waals surface area contributed by atoms with Gasteiger partial charge in [-0.2, -0.15) is 5.26 Å². The molecular formula is C18H15N3OS2. The van der Waals surface area contributed by atoms with Crippen molar-refractivity contribution in [3.63, 3.8) is 0 Å². The first-order chi connectivity index (χ1) is 11.7. The number of rotatable bonds is 5. The lowest BCUT2D eigenvalue weighted by molar-refractivity contribution is -0.115. The van der Waals surface area contributed by atoms with E-state index < -0.39 is 0 Å². The van der Waals surface area contributed by atoms with Gasteiger partial charge in [-0.1, -0.05) is 18.2 Å².